The molecule has 7 nitrogen and oxygen atoms in total. The fraction of sp³-hybridized carbons (Fsp3) is 0.120. The predicted molar refractivity (Wildman–Crippen MR) is 129 cm³/mol. The lowest BCUT2D eigenvalue weighted by atomic mass is 10.1. The Morgan fingerprint density at radius 2 is 1.79 bits per heavy atom. The molecule has 5 aromatic rings. The molecule has 3 aromatic heterocycles. The third kappa shape index (κ3) is 4.01. The lowest BCUT2D eigenvalue weighted by Gasteiger charge is -2.13. The number of hydrogen-bond acceptors (Lipinski definition) is 6. The zero-order chi connectivity index (χ0) is 22.8. The summed E-state index contributed by atoms with van der Waals surface area (Å²) in [5, 5.41) is 10.1. The van der Waals surface area contributed by atoms with Crippen LogP contribution in [0, 0.1) is 0 Å². The number of nitrogens with one attached hydrogen (secondary N) is 1. The van der Waals surface area contributed by atoms with Crippen molar-refractivity contribution in [1.82, 2.24) is 24.7 Å². The van der Waals surface area contributed by atoms with Crippen molar-refractivity contribution in [3.8, 4) is 22.8 Å². The molecule has 1 atom stereocenters. The van der Waals surface area contributed by atoms with Crippen LogP contribution in [-0.4, -0.2) is 42.9 Å². The summed E-state index contributed by atoms with van der Waals surface area (Å²) in [4.78, 5) is 20.6. The summed E-state index contributed by atoms with van der Waals surface area (Å²) < 4.78 is 7.26. The van der Waals surface area contributed by atoms with E-state index in [1.165, 1.54) is 11.8 Å². The fourth-order valence-electron chi connectivity index (χ4n) is 3.70. The molecule has 0 bridgehead atoms. The predicted octanol–water partition coefficient (Wildman–Crippen LogP) is 5.18. The molecule has 0 spiro atoms. The third-order valence-electron chi connectivity index (χ3n) is 5.41. The van der Waals surface area contributed by atoms with Crippen molar-refractivity contribution in [3.05, 3.63) is 84.8 Å². The van der Waals surface area contributed by atoms with Crippen LogP contribution in [0.3, 0.4) is 0 Å². The zero-order valence-corrected chi connectivity index (χ0v) is 18.9. The van der Waals surface area contributed by atoms with Crippen molar-refractivity contribution in [1.29, 1.82) is 0 Å². The molecule has 5 rings (SSSR count). The molecule has 33 heavy (non-hydrogen) atoms. The Morgan fingerprint density at radius 1 is 1.03 bits per heavy atom. The Labute approximate surface area is 194 Å². The topological polar surface area (TPSA) is 85.7 Å². The highest BCUT2D eigenvalue weighted by Crippen LogP contribution is 2.32. The fourth-order valence-corrected chi connectivity index (χ4v) is 4.64. The van der Waals surface area contributed by atoms with Crippen LogP contribution in [0.4, 0.5) is 0 Å². The summed E-state index contributed by atoms with van der Waals surface area (Å²) in [7, 11) is 1.63. The highest BCUT2D eigenvalue weighted by Gasteiger charge is 2.24. The minimum atomic E-state index is -0.365. The van der Waals surface area contributed by atoms with Gasteiger partial charge in [-0.2, -0.15) is 0 Å². The monoisotopic (exact) mass is 455 g/mol. The Kier molecular flexibility index (Phi) is 5.66. The summed E-state index contributed by atoms with van der Waals surface area (Å²) in [6.45, 7) is 1.90. The Balaban J connectivity index is 1.52. The largest absolute Gasteiger partial charge is 0.497 e. The number of rotatable bonds is 7. The molecule has 8 heteroatoms. The lowest BCUT2D eigenvalue weighted by molar-refractivity contribution is 0.0995. The number of pyridine rings is 1. The van der Waals surface area contributed by atoms with E-state index in [4.69, 9.17) is 4.74 Å². The van der Waals surface area contributed by atoms with Gasteiger partial charge in [-0.25, -0.2) is 0 Å². The van der Waals surface area contributed by atoms with Crippen molar-refractivity contribution < 1.29 is 9.53 Å². The van der Waals surface area contributed by atoms with E-state index in [1.807, 2.05) is 72.2 Å². The number of benzene rings is 2. The second kappa shape index (κ2) is 8.91. The first kappa shape index (κ1) is 21.0. The molecule has 0 aliphatic carbocycles. The van der Waals surface area contributed by atoms with Crippen molar-refractivity contribution in [3.63, 3.8) is 0 Å². The zero-order valence-electron chi connectivity index (χ0n) is 18.1. The minimum Gasteiger partial charge on any atom is -0.497 e. The standard InChI is InChI=1S/C25H21N5O2S/c1-16(23(31)21-15-27-22-6-4-3-5-20(21)22)33-25-29-28-24(17-11-13-26-14-12-17)30(25)18-7-9-19(32-2)10-8-18/h3-16,27H,1-2H3. The summed E-state index contributed by atoms with van der Waals surface area (Å²) in [5.41, 5.74) is 3.38. The number of carbonyl (C=O) groups is 1. The van der Waals surface area contributed by atoms with E-state index in [-0.39, 0.29) is 11.0 Å². The van der Waals surface area contributed by atoms with Gasteiger partial charge >= 0.3 is 0 Å². The van der Waals surface area contributed by atoms with Crippen molar-refractivity contribution >= 4 is 28.4 Å². The number of H-pyrrole nitrogens is 1. The van der Waals surface area contributed by atoms with Gasteiger partial charge in [-0.3, -0.25) is 14.3 Å². The van der Waals surface area contributed by atoms with Gasteiger partial charge in [-0.1, -0.05) is 30.0 Å². The van der Waals surface area contributed by atoms with Crippen LogP contribution >= 0.6 is 11.8 Å². The second-order valence-corrected chi connectivity index (χ2v) is 8.76. The molecule has 164 valence electrons. The molecule has 1 unspecified atom stereocenters. The van der Waals surface area contributed by atoms with Crippen LogP contribution in [0.25, 0.3) is 28.0 Å². The average Bonchev–Trinajstić information content (AvgIpc) is 3.48. The normalized spacial score (nSPS) is 12.1. The van der Waals surface area contributed by atoms with Gasteiger partial charge in [0, 0.05) is 46.3 Å². The van der Waals surface area contributed by atoms with Gasteiger partial charge in [0.05, 0.1) is 12.4 Å². The summed E-state index contributed by atoms with van der Waals surface area (Å²) in [5.74, 6) is 1.47. The second-order valence-electron chi connectivity index (χ2n) is 7.45. The number of hydrogen-bond donors (Lipinski definition) is 1. The van der Waals surface area contributed by atoms with Crippen LogP contribution in [0.2, 0.25) is 0 Å². The number of ketones is 1. The number of aromatic nitrogens is 5. The molecule has 0 radical (unpaired) electrons. The van der Waals surface area contributed by atoms with Gasteiger partial charge in [0.1, 0.15) is 5.75 Å². The van der Waals surface area contributed by atoms with Crippen molar-refractivity contribution in [2.45, 2.75) is 17.3 Å². The molecule has 0 fully saturated rings. The van der Waals surface area contributed by atoms with Gasteiger partial charge < -0.3 is 9.72 Å². The maximum Gasteiger partial charge on any atom is 0.196 e. The van der Waals surface area contributed by atoms with E-state index in [0.717, 1.165) is 27.9 Å². The van der Waals surface area contributed by atoms with Gasteiger partial charge in [0.25, 0.3) is 0 Å². The molecule has 3 heterocycles. The first-order chi connectivity index (χ1) is 16.2. The van der Waals surface area contributed by atoms with Crippen LogP contribution in [0.15, 0.2) is 84.4 Å². The van der Waals surface area contributed by atoms with Crippen LogP contribution in [0.5, 0.6) is 5.75 Å². The van der Waals surface area contributed by atoms with Crippen LogP contribution < -0.4 is 4.74 Å². The van der Waals surface area contributed by atoms with Crippen molar-refractivity contribution in [2.24, 2.45) is 0 Å². The number of methoxy groups -OCH3 is 1. The number of thioether (sulfide) groups is 1. The number of fused-ring (bicyclic) bond motifs is 1. The smallest absolute Gasteiger partial charge is 0.196 e. The maximum absolute atomic E-state index is 13.3. The number of para-hydroxylation sites is 1. The van der Waals surface area contributed by atoms with Crippen molar-refractivity contribution in [2.75, 3.05) is 7.11 Å². The maximum atomic E-state index is 13.3. The van der Waals surface area contributed by atoms with Gasteiger partial charge in [0.15, 0.2) is 16.8 Å². The highest BCUT2D eigenvalue weighted by molar-refractivity contribution is 8.00. The number of aromatic amines is 1. The van der Waals surface area contributed by atoms with Gasteiger partial charge in [-0.05, 0) is 49.4 Å². The Bertz CT molecular complexity index is 1410. The summed E-state index contributed by atoms with van der Waals surface area (Å²) >= 11 is 1.38. The molecule has 2 aromatic carbocycles. The van der Waals surface area contributed by atoms with E-state index in [1.54, 1.807) is 25.7 Å². The molecule has 0 saturated heterocycles. The number of carbonyl (C=O) groups excluding carboxylic acids is 1. The Morgan fingerprint density at radius 3 is 2.55 bits per heavy atom. The molecular formula is C25H21N5O2S. The summed E-state index contributed by atoms with van der Waals surface area (Å²) in [6, 6.07) is 19.3. The number of Topliss-reactive ketones (excluding diaryl/α,β-unsaturated/α-hetero) is 1. The SMILES string of the molecule is COc1ccc(-n2c(SC(C)C(=O)c3c[nH]c4ccccc34)nnc2-c2ccncc2)cc1. The van der Waals surface area contributed by atoms with E-state index in [2.05, 4.69) is 20.2 Å². The number of ether oxygens (including phenoxy) is 1. The molecular weight excluding hydrogens is 434 g/mol. The van der Waals surface area contributed by atoms with E-state index in [0.29, 0.717) is 16.5 Å². The van der Waals surface area contributed by atoms with Gasteiger partial charge in [0.2, 0.25) is 0 Å². The summed E-state index contributed by atoms with van der Waals surface area (Å²) in [6.07, 6.45) is 5.22. The molecule has 0 aliphatic rings. The molecule has 1 N–H and O–H groups in total. The van der Waals surface area contributed by atoms with Crippen LogP contribution in [0.1, 0.15) is 17.3 Å². The first-order valence-electron chi connectivity index (χ1n) is 10.4. The molecule has 0 amide bonds. The minimum absolute atomic E-state index is 0.0344. The van der Waals surface area contributed by atoms with E-state index in [9.17, 15) is 4.79 Å². The first-order valence-corrected chi connectivity index (χ1v) is 11.3. The molecule has 0 saturated carbocycles. The average molecular weight is 456 g/mol. The van der Waals surface area contributed by atoms with Crippen LogP contribution in [-0.2, 0) is 0 Å². The Hall–Kier alpha value is -3.91. The number of nitrogens with zero attached hydrogens (tertiary/aromatic N) is 4. The lowest BCUT2D eigenvalue weighted by Crippen LogP contribution is -2.14. The highest BCUT2D eigenvalue weighted by atomic mass is 32.2. The van der Waals surface area contributed by atoms with E-state index >= 15 is 0 Å². The van der Waals surface area contributed by atoms with E-state index < -0.39 is 0 Å². The quantitative estimate of drug-likeness (QED) is 0.269. The van der Waals surface area contributed by atoms with Gasteiger partial charge in [-0.15, -0.1) is 10.2 Å². The molecule has 0 aliphatic heterocycles. The third-order valence-corrected chi connectivity index (χ3v) is 6.45.